The first-order valence-electron chi connectivity index (χ1n) is 6.27. The summed E-state index contributed by atoms with van der Waals surface area (Å²) < 4.78 is 0. The zero-order valence-electron chi connectivity index (χ0n) is 10.1. The Kier molecular flexibility index (Phi) is 2.67. The van der Waals surface area contributed by atoms with Gasteiger partial charge in [-0.3, -0.25) is 4.98 Å². The van der Waals surface area contributed by atoms with Crippen LogP contribution >= 0.6 is 0 Å². The van der Waals surface area contributed by atoms with E-state index >= 15 is 0 Å². The number of aromatic amines is 1. The van der Waals surface area contributed by atoms with E-state index in [0.717, 1.165) is 18.5 Å². The van der Waals surface area contributed by atoms with Crippen LogP contribution in [0, 0.1) is 6.92 Å². The molecule has 3 rings (SSSR count). The Balaban J connectivity index is 1.88. The summed E-state index contributed by atoms with van der Waals surface area (Å²) in [6, 6.07) is 4.29. The molecule has 0 aliphatic heterocycles. The minimum atomic E-state index is 0.603. The van der Waals surface area contributed by atoms with Crippen molar-refractivity contribution in [3.63, 3.8) is 0 Å². The third kappa shape index (κ3) is 1.97. The van der Waals surface area contributed by atoms with Crippen molar-refractivity contribution in [2.45, 2.75) is 38.5 Å². The first-order chi connectivity index (χ1) is 8.34. The fraction of sp³-hybridized carbons (Fsp3) is 0.429. The van der Waals surface area contributed by atoms with Crippen LogP contribution in [0.3, 0.4) is 0 Å². The third-order valence-electron chi connectivity index (χ3n) is 3.72. The fourth-order valence-electron chi connectivity index (χ4n) is 2.76. The zero-order chi connectivity index (χ0) is 11.7. The maximum Gasteiger partial charge on any atom is 0.0925 e. The number of rotatable bonds is 2. The van der Waals surface area contributed by atoms with E-state index in [1.165, 1.54) is 29.8 Å². The number of aromatic nitrogens is 3. The summed E-state index contributed by atoms with van der Waals surface area (Å²) in [6.07, 6.45) is 8.40. The number of nitrogens with one attached hydrogen (secondary N) is 1. The summed E-state index contributed by atoms with van der Waals surface area (Å²) in [7, 11) is 0. The first-order valence-corrected chi connectivity index (χ1v) is 6.27. The smallest absolute Gasteiger partial charge is 0.0925 e. The maximum absolute atomic E-state index is 4.50. The lowest BCUT2D eigenvalue weighted by atomic mass is 9.82. The predicted molar refractivity (Wildman–Crippen MR) is 66.9 cm³/mol. The molecule has 0 aromatic carbocycles. The molecular formula is C14H17N3. The first kappa shape index (κ1) is 10.5. The van der Waals surface area contributed by atoms with Gasteiger partial charge in [-0.1, -0.05) is 6.07 Å². The number of aryl methyl sites for hydroxylation is 2. The van der Waals surface area contributed by atoms with Gasteiger partial charge < -0.3 is 4.98 Å². The second-order valence-corrected chi connectivity index (χ2v) is 4.80. The Labute approximate surface area is 101 Å². The van der Waals surface area contributed by atoms with Crippen molar-refractivity contribution in [3.05, 3.63) is 47.3 Å². The number of nitrogens with zero attached hydrogens (tertiary/aromatic N) is 2. The predicted octanol–water partition coefficient (Wildman–Crippen LogP) is 2.78. The lowest BCUT2D eigenvalue weighted by Gasteiger charge is -2.24. The summed E-state index contributed by atoms with van der Waals surface area (Å²) in [6.45, 7) is 2.07. The Bertz CT molecular complexity index is 516. The molecular weight excluding hydrogens is 210 g/mol. The molecule has 0 saturated heterocycles. The van der Waals surface area contributed by atoms with E-state index < -0.39 is 0 Å². The highest BCUT2D eigenvalue weighted by atomic mass is 14.9. The van der Waals surface area contributed by atoms with Gasteiger partial charge in [0.15, 0.2) is 0 Å². The molecule has 0 bridgehead atoms. The molecule has 1 aliphatic rings. The summed E-state index contributed by atoms with van der Waals surface area (Å²) in [4.78, 5) is 12.0. The molecule has 1 atom stereocenters. The topological polar surface area (TPSA) is 41.6 Å². The van der Waals surface area contributed by atoms with Crippen molar-refractivity contribution in [3.8, 4) is 0 Å². The molecule has 1 N–H and O–H groups in total. The van der Waals surface area contributed by atoms with Gasteiger partial charge in [-0.15, -0.1) is 0 Å². The molecule has 1 unspecified atom stereocenters. The van der Waals surface area contributed by atoms with Crippen LogP contribution in [0.2, 0.25) is 0 Å². The number of imidazole rings is 1. The monoisotopic (exact) mass is 227 g/mol. The minimum absolute atomic E-state index is 0.603. The molecule has 0 radical (unpaired) electrons. The van der Waals surface area contributed by atoms with Crippen molar-refractivity contribution in [1.82, 2.24) is 15.0 Å². The molecule has 3 nitrogen and oxygen atoms in total. The molecule has 2 aromatic heterocycles. The van der Waals surface area contributed by atoms with Crippen LogP contribution in [0.1, 0.15) is 41.4 Å². The Morgan fingerprint density at radius 2 is 2.35 bits per heavy atom. The Morgan fingerprint density at radius 1 is 1.41 bits per heavy atom. The third-order valence-corrected chi connectivity index (χ3v) is 3.72. The van der Waals surface area contributed by atoms with Gasteiger partial charge in [0.05, 0.1) is 12.0 Å². The Hall–Kier alpha value is -1.64. The van der Waals surface area contributed by atoms with E-state index in [0.29, 0.717) is 5.92 Å². The fourth-order valence-corrected chi connectivity index (χ4v) is 2.76. The van der Waals surface area contributed by atoms with Gasteiger partial charge in [-0.25, -0.2) is 4.98 Å². The molecule has 3 heteroatoms. The highest BCUT2D eigenvalue weighted by Crippen LogP contribution is 2.32. The van der Waals surface area contributed by atoms with E-state index in [1.807, 2.05) is 6.20 Å². The average Bonchev–Trinajstić information content (AvgIpc) is 2.76. The van der Waals surface area contributed by atoms with Gasteiger partial charge in [0.1, 0.15) is 0 Å². The molecule has 0 amide bonds. The van der Waals surface area contributed by atoms with E-state index in [2.05, 4.69) is 34.0 Å². The van der Waals surface area contributed by atoms with E-state index in [1.54, 1.807) is 6.33 Å². The molecule has 1 aliphatic carbocycles. The summed E-state index contributed by atoms with van der Waals surface area (Å²) >= 11 is 0. The average molecular weight is 227 g/mol. The molecule has 2 aromatic rings. The number of H-pyrrole nitrogens is 1. The lowest BCUT2D eigenvalue weighted by molar-refractivity contribution is 0.536. The largest absolute Gasteiger partial charge is 0.348 e. The second-order valence-electron chi connectivity index (χ2n) is 4.80. The lowest BCUT2D eigenvalue weighted by Crippen LogP contribution is -2.13. The number of hydrogen-bond acceptors (Lipinski definition) is 2. The van der Waals surface area contributed by atoms with Gasteiger partial charge in [0, 0.05) is 17.6 Å². The van der Waals surface area contributed by atoms with Crippen molar-refractivity contribution in [2.24, 2.45) is 0 Å². The van der Waals surface area contributed by atoms with Crippen molar-refractivity contribution in [1.29, 1.82) is 0 Å². The molecule has 88 valence electrons. The van der Waals surface area contributed by atoms with Crippen LogP contribution in [-0.2, 0) is 12.8 Å². The van der Waals surface area contributed by atoms with Gasteiger partial charge in [-0.05, 0) is 50.2 Å². The van der Waals surface area contributed by atoms with Crippen LogP contribution in [0.5, 0.6) is 0 Å². The van der Waals surface area contributed by atoms with Crippen molar-refractivity contribution >= 4 is 0 Å². The van der Waals surface area contributed by atoms with Gasteiger partial charge >= 0.3 is 0 Å². The quantitative estimate of drug-likeness (QED) is 0.857. The molecule has 2 heterocycles. The van der Waals surface area contributed by atoms with E-state index in [-0.39, 0.29) is 0 Å². The van der Waals surface area contributed by atoms with Crippen LogP contribution < -0.4 is 0 Å². The SMILES string of the molecule is Cc1nc[nH]c1CC1CCCc2ncccc21. The minimum Gasteiger partial charge on any atom is -0.348 e. The molecule has 0 spiro atoms. The van der Waals surface area contributed by atoms with E-state index in [4.69, 9.17) is 0 Å². The molecule has 0 fully saturated rings. The van der Waals surface area contributed by atoms with Crippen LogP contribution in [0.15, 0.2) is 24.7 Å². The summed E-state index contributed by atoms with van der Waals surface area (Å²) in [5.41, 5.74) is 5.13. The standard InChI is InChI=1S/C14H17N3/c1-10-14(17-9-16-10)8-11-4-2-6-13-12(11)5-3-7-15-13/h3,5,7,9,11H,2,4,6,8H2,1H3,(H,16,17). The number of hydrogen-bond donors (Lipinski definition) is 1. The zero-order valence-corrected chi connectivity index (χ0v) is 10.1. The number of fused-ring (bicyclic) bond motifs is 1. The maximum atomic E-state index is 4.50. The summed E-state index contributed by atoms with van der Waals surface area (Å²) in [5.74, 6) is 0.603. The van der Waals surface area contributed by atoms with Crippen LogP contribution in [-0.4, -0.2) is 15.0 Å². The Morgan fingerprint density at radius 3 is 3.18 bits per heavy atom. The van der Waals surface area contributed by atoms with Crippen molar-refractivity contribution < 1.29 is 0 Å². The highest BCUT2D eigenvalue weighted by Gasteiger charge is 2.21. The van der Waals surface area contributed by atoms with Crippen molar-refractivity contribution in [2.75, 3.05) is 0 Å². The number of pyridine rings is 1. The normalized spacial score (nSPS) is 19.0. The molecule has 17 heavy (non-hydrogen) atoms. The van der Waals surface area contributed by atoms with Crippen LogP contribution in [0.25, 0.3) is 0 Å². The highest BCUT2D eigenvalue weighted by molar-refractivity contribution is 5.28. The van der Waals surface area contributed by atoms with E-state index in [9.17, 15) is 0 Å². The second kappa shape index (κ2) is 4.32. The van der Waals surface area contributed by atoms with Gasteiger partial charge in [-0.2, -0.15) is 0 Å². The van der Waals surface area contributed by atoms with Crippen LogP contribution in [0.4, 0.5) is 0 Å². The van der Waals surface area contributed by atoms with Gasteiger partial charge in [0.25, 0.3) is 0 Å². The summed E-state index contributed by atoms with van der Waals surface area (Å²) in [5, 5.41) is 0. The molecule has 0 saturated carbocycles. The van der Waals surface area contributed by atoms with Gasteiger partial charge in [0.2, 0.25) is 0 Å².